The van der Waals surface area contributed by atoms with Crippen molar-refractivity contribution in [3.8, 4) is 5.69 Å². The molecule has 5 rings (SSSR count). The quantitative estimate of drug-likeness (QED) is 0.375. The Morgan fingerprint density at radius 2 is 1.85 bits per heavy atom. The van der Waals surface area contributed by atoms with Crippen LogP contribution in [0.4, 0.5) is 24.7 Å². The number of nitrogens with zero attached hydrogens (tertiary/aromatic N) is 5. The Balaban J connectivity index is 1.66. The van der Waals surface area contributed by atoms with E-state index in [1.165, 1.54) is 4.90 Å². The van der Waals surface area contributed by atoms with Gasteiger partial charge in [0, 0.05) is 29.9 Å². The summed E-state index contributed by atoms with van der Waals surface area (Å²) in [6, 6.07) is 15.7. The van der Waals surface area contributed by atoms with Crippen LogP contribution in [0, 0.1) is 6.92 Å². The second-order valence-corrected chi connectivity index (χ2v) is 9.01. The SMILES string of the molecule is CCN1C(=O)C(NC(=O)c2nccc(C(F)(F)F)n2)C(c2cccc(N)c2)c2c(C)nn(-c3ccccc3)c21. The Hall–Kier alpha value is -4.74. The minimum absolute atomic E-state index is 0.250. The Morgan fingerprint density at radius 1 is 1.10 bits per heavy atom. The molecule has 0 saturated heterocycles. The van der Waals surface area contributed by atoms with Crippen molar-refractivity contribution in [3.63, 3.8) is 0 Å². The molecule has 0 fully saturated rings. The molecule has 12 heteroatoms. The van der Waals surface area contributed by atoms with Crippen LogP contribution in [0.15, 0.2) is 66.9 Å². The molecular weight excluding hydrogens is 511 g/mol. The zero-order chi connectivity index (χ0) is 27.9. The minimum Gasteiger partial charge on any atom is -0.399 e. The maximum Gasteiger partial charge on any atom is 0.433 e. The number of aryl methyl sites for hydroxylation is 1. The summed E-state index contributed by atoms with van der Waals surface area (Å²) in [6.45, 7) is 3.84. The van der Waals surface area contributed by atoms with Crippen molar-refractivity contribution in [2.75, 3.05) is 17.2 Å². The molecule has 2 amide bonds. The minimum atomic E-state index is -4.76. The largest absolute Gasteiger partial charge is 0.433 e. The molecule has 0 saturated carbocycles. The average Bonchev–Trinajstić information content (AvgIpc) is 3.25. The standard InChI is InChI=1S/C27H24F3N7O2/c1-3-36-25-20(15(2)35-37(25)18-10-5-4-6-11-18)21(16-8-7-9-17(31)14-16)22(26(36)39)34-24(38)23-32-13-12-19(33-23)27(28,29)30/h4-14,21-22H,3,31H2,1-2H3,(H,34,38). The van der Waals surface area contributed by atoms with Crippen molar-refractivity contribution in [2.45, 2.75) is 32.0 Å². The van der Waals surface area contributed by atoms with Crippen molar-refractivity contribution in [2.24, 2.45) is 0 Å². The molecule has 2 aromatic heterocycles. The van der Waals surface area contributed by atoms with Gasteiger partial charge in [-0.1, -0.05) is 30.3 Å². The van der Waals surface area contributed by atoms with Crippen molar-refractivity contribution < 1.29 is 22.8 Å². The topological polar surface area (TPSA) is 119 Å². The van der Waals surface area contributed by atoms with Crippen molar-refractivity contribution >= 4 is 23.3 Å². The fraction of sp³-hybridized carbons (Fsp3) is 0.222. The first-order valence-electron chi connectivity index (χ1n) is 12.1. The molecule has 39 heavy (non-hydrogen) atoms. The Morgan fingerprint density at radius 3 is 2.51 bits per heavy atom. The number of nitrogens with two attached hydrogens (primary N) is 1. The van der Waals surface area contributed by atoms with Crippen molar-refractivity contribution in [1.29, 1.82) is 0 Å². The summed E-state index contributed by atoms with van der Waals surface area (Å²) in [5.74, 6) is -2.38. The van der Waals surface area contributed by atoms with E-state index in [9.17, 15) is 22.8 Å². The van der Waals surface area contributed by atoms with Crippen LogP contribution in [0.2, 0.25) is 0 Å². The number of nitrogens with one attached hydrogen (secondary N) is 1. The van der Waals surface area contributed by atoms with E-state index in [-0.39, 0.29) is 6.54 Å². The van der Waals surface area contributed by atoms with E-state index in [2.05, 4.69) is 15.3 Å². The van der Waals surface area contributed by atoms with E-state index in [1.807, 2.05) is 30.3 Å². The number of halogens is 3. The van der Waals surface area contributed by atoms with Crippen LogP contribution >= 0.6 is 0 Å². The Bertz CT molecular complexity index is 1550. The number of rotatable bonds is 5. The Kier molecular flexibility index (Phi) is 6.54. The van der Waals surface area contributed by atoms with Crippen LogP contribution in [0.3, 0.4) is 0 Å². The third-order valence-corrected chi connectivity index (χ3v) is 6.54. The number of carbonyl (C=O) groups excluding carboxylic acids is 2. The molecule has 3 N–H and O–H groups in total. The first-order valence-corrected chi connectivity index (χ1v) is 12.1. The zero-order valence-corrected chi connectivity index (χ0v) is 21.0. The number of nitrogen functional groups attached to an aromatic ring is 1. The first kappa shape index (κ1) is 25.9. The number of hydrogen-bond acceptors (Lipinski definition) is 6. The van der Waals surface area contributed by atoms with Gasteiger partial charge in [0.1, 0.15) is 17.6 Å². The van der Waals surface area contributed by atoms with Gasteiger partial charge in [-0.25, -0.2) is 14.6 Å². The summed E-state index contributed by atoms with van der Waals surface area (Å²) < 4.78 is 41.3. The number of alkyl halides is 3. The van der Waals surface area contributed by atoms with E-state index >= 15 is 0 Å². The van der Waals surface area contributed by atoms with Crippen LogP contribution < -0.4 is 16.0 Å². The molecule has 200 valence electrons. The van der Waals surface area contributed by atoms with Crippen LogP contribution in [-0.4, -0.2) is 44.1 Å². The van der Waals surface area contributed by atoms with Gasteiger partial charge in [-0.15, -0.1) is 0 Å². The molecule has 2 aromatic carbocycles. The summed E-state index contributed by atoms with van der Waals surface area (Å²) in [5, 5.41) is 7.35. The highest BCUT2D eigenvalue weighted by Gasteiger charge is 2.46. The molecule has 0 spiro atoms. The summed E-state index contributed by atoms with van der Waals surface area (Å²) in [6.07, 6.45) is -3.91. The van der Waals surface area contributed by atoms with Crippen LogP contribution in [0.1, 0.15) is 46.0 Å². The second kappa shape index (κ2) is 9.86. The molecule has 3 heterocycles. The molecule has 1 aliphatic heterocycles. The highest BCUT2D eigenvalue weighted by molar-refractivity contribution is 6.04. The molecule has 2 atom stereocenters. The average molecular weight is 536 g/mol. The number of benzene rings is 2. The lowest BCUT2D eigenvalue weighted by Gasteiger charge is -2.38. The number of likely N-dealkylation sites (N-methyl/N-ethyl adjacent to an activating group) is 1. The molecule has 4 aromatic rings. The monoisotopic (exact) mass is 535 g/mol. The van der Waals surface area contributed by atoms with Crippen LogP contribution in [-0.2, 0) is 11.0 Å². The number of hydrogen-bond donors (Lipinski definition) is 2. The predicted octanol–water partition coefficient (Wildman–Crippen LogP) is 3.87. The molecule has 2 unspecified atom stereocenters. The molecule has 0 radical (unpaired) electrons. The van der Waals surface area contributed by atoms with Gasteiger partial charge in [0.25, 0.3) is 11.8 Å². The first-order chi connectivity index (χ1) is 18.6. The molecule has 0 bridgehead atoms. The maximum absolute atomic E-state index is 14.0. The highest BCUT2D eigenvalue weighted by Crippen LogP contribution is 2.43. The second-order valence-electron chi connectivity index (χ2n) is 9.01. The lowest BCUT2D eigenvalue weighted by atomic mass is 9.81. The maximum atomic E-state index is 14.0. The van der Waals surface area contributed by atoms with Gasteiger partial charge in [-0.3, -0.25) is 14.5 Å². The van der Waals surface area contributed by atoms with E-state index in [0.717, 1.165) is 11.9 Å². The fourth-order valence-corrected chi connectivity index (χ4v) is 4.88. The lowest BCUT2D eigenvalue weighted by Crippen LogP contribution is -2.55. The van der Waals surface area contributed by atoms with Gasteiger partial charge in [0.2, 0.25) is 5.82 Å². The van der Waals surface area contributed by atoms with Crippen LogP contribution in [0.5, 0.6) is 0 Å². The number of carbonyl (C=O) groups is 2. The molecule has 9 nitrogen and oxygen atoms in total. The van der Waals surface area contributed by atoms with Crippen molar-refractivity contribution in [1.82, 2.24) is 25.1 Å². The number of para-hydroxylation sites is 1. The van der Waals surface area contributed by atoms with E-state index in [0.29, 0.717) is 34.4 Å². The highest BCUT2D eigenvalue weighted by atomic mass is 19.4. The van der Waals surface area contributed by atoms with Gasteiger partial charge in [0.05, 0.1) is 11.4 Å². The summed E-state index contributed by atoms with van der Waals surface area (Å²) in [5.41, 5.74) is 7.92. The van der Waals surface area contributed by atoms with E-state index < -0.39 is 41.5 Å². The fourth-order valence-electron chi connectivity index (χ4n) is 4.88. The number of aromatic nitrogens is 4. The summed E-state index contributed by atoms with van der Waals surface area (Å²) in [4.78, 5) is 35.8. The zero-order valence-electron chi connectivity index (χ0n) is 21.0. The predicted molar refractivity (Wildman–Crippen MR) is 137 cm³/mol. The number of amides is 2. The molecule has 0 aliphatic carbocycles. The lowest BCUT2D eigenvalue weighted by molar-refractivity contribution is -0.141. The normalized spacial score (nSPS) is 17.2. The van der Waals surface area contributed by atoms with Gasteiger partial charge in [-0.2, -0.15) is 18.3 Å². The Labute approximate surface area is 221 Å². The molecular formula is C27H24F3N7O2. The third-order valence-electron chi connectivity index (χ3n) is 6.54. The number of fused-ring (bicyclic) bond motifs is 1. The van der Waals surface area contributed by atoms with Gasteiger partial charge in [-0.05, 0) is 49.7 Å². The summed E-state index contributed by atoms with van der Waals surface area (Å²) >= 11 is 0. The smallest absolute Gasteiger partial charge is 0.399 e. The van der Waals surface area contributed by atoms with Gasteiger partial charge in [0.15, 0.2) is 0 Å². The van der Waals surface area contributed by atoms with Crippen LogP contribution in [0.25, 0.3) is 5.69 Å². The van der Waals surface area contributed by atoms with Crippen molar-refractivity contribution in [3.05, 3.63) is 95.2 Å². The van der Waals surface area contributed by atoms with Gasteiger partial charge >= 0.3 is 6.18 Å². The summed E-state index contributed by atoms with van der Waals surface area (Å²) in [7, 11) is 0. The van der Waals surface area contributed by atoms with Gasteiger partial charge < -0.3 is 11.1 Å². The third kappa shape index (κ3) is 4.69. The molecule has 1 aliphatic rings. The van der Waals surface area contributed by atoms with E-state index in [4.69, 9.17) is 10.8 Å². The van der Waals surface area contributed by atoms with E-state index in [1.54, 1.807) is 42.8 Å². The number of anilines is 2.